The van der Waals surface area contributed by atoms with Crippen LogP contribution in [0.3, 0.4) is 0 Å². The number of likely N-dealkylation sites (tertiary alicyclic amines) is 1. The van der Waals surface area contributed by atoms with E-state index in [-0.39, 0.29) is 30.4 Å². The van der Waals surface area contributed by atoms with Crippen molar-refractivity contribution in [1.82, 2.24) is 30.0 Å². The lowest BCUT2D eigenvalue weighted by Crippen LogP contribution is -2.58. The first kappa shape index (κ1) is 29.4. The average molecular weight is 625 g/mol. The minimum Gasteiger partial charge on any atom is -0.408 e. The van der Waals surface area contributed by atoms with E-state index in [1.54, 1.807) is 34.3 Å². The fourth-order valence-electron chi connectivity index (χ4n) is 6.65. The molecule has 2 aromatic carbocycles. The van der Waals surface area contributed by atoms with Gasteiger partial charge in [-0.15, -0.1) is 0 Å². The van der Waals surface area contributed by atoms with Crippen LogP contribution >= 0.6 is 0 Å². The highest BCUT2D eigenvalue weighted by atomic mass is 16.4. The summed E-state index contributed by atoms with van der Waals surface area (Å²) < 4.78 is 5.24. The molecule has 0 bridgehead atoms. The number of piperazine rings is 1. The zero-order chi connectivity index (χ0) is 31.6. The second kappa shape index (κ2) is 12.6. The first-order chi connectivity index (χ1) is 22.4. The van der Waals surface area contributed by atoms with Crippen molar-refractivity contribution >= 4 is 40.4 Å². The van der Waals surface area contributed by atoms with Gasteiger partial charge in [0.2, 0.25) is 5.91 Å². The summed E-state index contributed by atoms with van der Waals surface area (Å²) in [6.07, 6.45) is 5.03. The summed E-state index contributed by atoms with van der Waals surface area (Å²) in [4.78, 5) is 66.5. The number of anilines is 2. The number of piperidine rings is 1. The van der Waals surface area contributed by atoms with Crippen LogP contribution in [0.25, 0.3) is 11.1 Å². The van der Waals surface area contributed by atoms with Crippen molar-refractivity contribution in [2.24, 2.45) is 0 Å². The number of amides is 5. The molecule has 3 aliphatic rings. The first-order valence-corrected chi connectivity index (χ1v) is 15.7. The number of nitrogens with zero attached hydrogens (tertiary/aromatic N) is 5. The summed E-state index contributed by atoms with van der Waals surface area (Å²) in [5, 5.41) is 6.00. The number of hydrogen-bond donors (Lipinski definition) is 3. The van der Waals surface area contributed by atoms with Crippen LogP contribution in [0.4, 0.5) is 21.0 Å². The number of benzene rings is 2. The number of aromatic amines is 1. The number of oxazole rings is 1. The van der Waals surface area contributed by atoms with Crippen molar-refractivity contribution in [2.45, 2.75) is 37.9 Å². The Morgan fingerprint density at radius 2 is 1.70 bits per heavy atom. The fraction of sp³-hybridized carbons (Fsp3) is 0.364. The van der Waals surface area contributed by atoms with Gasteiger partial charge in [0, 0.05) is 82.0 Å². The number of carbonyl (C=O) groups excluding carboxylic acids is 3. The van der Waals surface area contributed by atoms with E-state index >= 15 is 0 Å². The number of pyridine rings is 1. The first-order valence-electron chi connectivity index (χ1n) is 15.7. The number of carbonyl (C=O) groups is 3. The van der Waals surface area contributed by atoms with Gasteiger partial charge in [0.1, 0.15) is 6.04 Å². The Bertz CT molecular complexity index is 1790. The Morgan fingerprint density at radius 1 is 0.935 bits per heavy atom. The van der Waals surface area contributed by atoms with E-state index in [0.717, 1.165) is 22.5 Å². The van der Waals surface area contributed by atoms with Crippen LogP contribution < -0.4 is 21.3 Å². The molecular formula is C33H36N8O5. The van der Waals surface area contributed by atoms with Gasteiger partial charge in [-0.3, -0.25) is 14.8 Å². The van der Waals surface area contributed by atoms with Crippen molar-refractivity contribution in [1.29, 1.82) is 0 Å². The molecule has 1 unspecified atom stereocenters. The van der Waals surface area contributed by atoms with Gasteiger partial charge in [0.05, 0.1) is 5.52 Å². The minimum atomic E-state index is -0.815. The van der Waals surface area contributed by atoms with Gasteiger partial charge >= 0.3 is 17.8 Å². The van der Waals surface area contributed by atoms with Crippen LogP contribution in [-0.4, -0.2) is 94.0 Å². The van der Waals surface area contributed by atoms with E-state index < -0.39 is 11.8 Å². The molecule has 7 rings (SSSR count). The molecule has 0 spiro atoms. The van der Waals surface area contributed by atoms with Gasteiger partial charge in [-0.2, -0.15) is 0 Å². The molecular weight excluding hydrogens is 588 g/mol. The number of aromatic nitrogens is 2. The smallest absolute Gasteiger partial charge is 0.408 e. The standard InChI is InChI=1S/C33H36N8O5/c42-30(39-17-15-38(16-18-39)24-7-11-34-12-8-24)28(19-22-5-6-27-29(20-22)46-33(45)37-27)36-31(43)40-13-9-25(10-14-40)41-21-23-3-1-2-4-26(23)35-32(41)44/h1-8,11-12,20,25,28H,9-10,13-19,21H2,(H,35,44)(H,36,43)(H,37,45). The normalized spacial score (nSPS) is 17.9. The molecule has 3 N–H and O–H groups in total. The third-order valence-corrected chi connectivity index (χ3v) is 9.19. The zero-order valence-electron chi connectivity index (χ0n) is 25.4. The second-order valence-corrected chi connectivity index (χ2v) is 12.0. The van der Waals surface area contributed by atoms with E-state index in [9.17, 15) is 19.2 Å². The van der Waals surface area contributed by atoms with Crippen LogP contribution in [0.15, 0.2) is 76.2 Å². The number of hydrogen-bond acceptors (Lipinski definition) is 7. The van der Waals surface area contributed by atoms with Crippen molar-refractivity contribution in [3.05, 3.63) is 88.7 Å². The number of H-pyrrole nitrogens is 1. The van der Waals surface area contributed by atoms with Crippen LogP contribution in [0.5, 0.6) is 0 Å². The molecule has 0 saturated carbocycles. The molecule has 13 heteroatoms. The molecule has 0 radical (unpaired) electrons. The molecule has 2 fully saturated rings. The van der Waals surface area contributed by atoms with Crippen molar-refractivity contribution in [3.63, 3.8) is 0 Å². The number of para-hydroxylation sites is 1. The summed E-state index contributed by atoms with van der Waals surface area (Å²) >= 11 is 0. The second-order valence-electron chi connectivity index (χ2n) is 12.0. The Morgan fingerprint density at radius 3 is 2.48 bits per heavy atom. The van der Waals surface area contributed by atoms with Gasteiger partial charge in [-0.05, 0) is 54.3 Å². The molecule has 1 atom stereocenters. The van der Waals surface area contributed by atoms with Crippen molar-refractivity contribution < 1.29 is 18.8 Å². The number of nitrogens with one attached hydrogen (secondary N) is 3. The molecule has 2 saturated heterocycles. The highest BCUT2D eigenvalue weighted by Crippen LogP contribution is 2.28. The van der Waals surface area contributed by atoms with E-state index in [0.29, 0.717) is 69.8 Å². The summed E-state index contributed by atoms with van der Waals surface area (Å²) in [6.45, 7) is 3.84. The summed E-state index contributed by atoms with van der Waals surface area (Å²) in [6, 6.07) is 15.8. The largest absolute Gasteiger partial charge is 0.417 e. The van der Waals surface area contributed by atoms with Crippen LogP contribution in [0.2, 0.25) is 0 Å². The Labute approximate surface area is 265 Å². The summed E-state index contributed by atoms with van der Waals surface area (Å²) in [7, 11) is 0. The van der Waals surface area contributed by atoms with Gasteiger partial charge in [-0.25, -0.2) is 14.4 Å². The molecule has 0 aliphatic carbocycles. The Balaban J connectivity index is 1.02. The van der Waals surface area contributed by atoms with Gasteiger partial charge in [-0.1, -0.05) is 24.3 Å². The minimum absolute atomic E-state index is 0.00857. The Kier molecular flexibility index (Phi) is 8.04. The third kappa shape index (κ3) is 6.12. The SMILES string of the molecule is O=C(NC(Cc1ccc2[nH]c(=O)oc2c1)C(=O)N1CCN(c2ccncc2)CC1)N1CCC(N2Cc3ccccc3NC2=O)CC1. The fourth-order valence-corrected chi connectivity index (χ4v) is 6.65. The van der Waals surface area contributed by atoms with Crippen LogP contribution in [0.1, 0.15) is 24.0 Å². The van der Waals surface area contributed by atoms with E-state index in [1.807, 2.05) is 47.4 Å². The molecule has 5 amide bonds. The molecule has 4 aromatic rings. The molecule has 46 heavy (non-hydrogen) atoms. The number of rotatable bonds is 6. The van der Waals surface area contributed by atoms with Crippen molar-refractivity contribution in [3.8, 4) is 0 Å². The predicted molar refractivity (Wildman–Crippen MR) is 171 cm³/mol. The lowest BCUT2D eigenvalue weighted by molar-refractivity contribution is -0.133. The summed E-state index contributed by atoms with van der Waals surface area (Å²) in [5.74, 6) is -0.702. The maximum absolute atomic E-state index is 14.0. The quantitative estimate of drug-likeness (QED) is 0.299. The maximum Gasteiger partial charge on any atom is 0.417 e. The lowest BCUT2D eigenvalue weighted by Gasteiger charge is -2.41. The monoisotopic (exact) mass is 624 g/mol. The highest BCUT2D eigenvalue weighted by molar-refractivity contribution is 5.92. The maximum atomic E-state index is 14.0. The van der Waals surface area contributed by atoms with Crippen LogP contribution in [0, 0.1) is 0 Å². The Hall–Kier alpha value is -5.33. The van der Waals surface area contributed by atoms with E-state index in [1.165, 1.54) is 0 Å². The zero-order valence-corrected chi connectivity index (χ0v) is 25.4. The predicted octanol–water partition coefficient (Wildman–Crippen LogP) is 3.00. The molecule has 5 heterocycles. The van der Waals surface area contributed by atoms with Crippen molar-refractivity contribution in [2.75, 3.05) is 49.5 Å². The number of fused-ring (bicyclic) bond motifs is 2. The topological polar surface area (TPSA) is 147 Å². The summed E-state index contributed by atoms with van der Waals surface area (Å²) in [5.41, 5.74) is 4.71. The van der Waals surface area contributed by atoms with Gasteiger partial charge in [0.15, 0.2) is 5.58 Å². The molecule has 2 aromatic heterocycles. The van der Waals surface area contributed by atoms with E-state index in [2.05, 4.69) is 25.5 Å². The molecule has 238 valence electrons. The highest BCUT2D eigenvalue weighted by Gasteiger charge is 2.35. The molecule has 13 nitrogen and oxygen atoms in total. The van der Waals surface area contributed by atoms with Gasteiger partial charge in [0.25, 0.3) is 0 Å². The number of urea groups is 2. The lowest BCUT2D eigenvalue weighted by atomic mass is 10.0. The van der Waals surface area contributed by atoms with Crippen LogP contribution in [-0.2, 0) is 17.8 Å². The molecule has 3 aliphatic heterocycles. The van der Waals surface area contributed by atoms with E-state index in [4.69, 9.17) is 4.42 Å². The van der Waals surface area contributed by atoms with Gasteiger partial charge < -0.3 is 34.7 Å². The average Bonchev–Trinajstić information content (AvgIpc) is 3.47. The third-order valence-electron chi connectivity index (χ3n) is 9.19.